The van der Waals surface area contributed by atoms with Crippen LogP contribution in [0.4, 0.5) is 13.2 Å². The van der Waals surface area contributed by atoms with E-state index in [1.807, 2.05) is 0 Å². The molecular formula is C13H16ClF3O4. The summed E-state index contributed by atoms with van der Waals surface area (Å²) in [5.74, 6) is 1.34. The Labute approximate surface area is 125 Å². The Morgan fingerprint density at radius 2 is 1.62 bits per heavy atom. The second-order valence-corrected chi connectivity index (χ2v) is 4.25. The average molecular weight is 329 g/mol. The van der Waals surface area contributed by atoms with E-state index in [1.165, 1.54) is 14.2 Å². The van der Waals surface area contributed by atoms with Crippen LogP contribution in [0.3, 0.4) is 0 Å². The van der Waals surface area contributed by atoms with Gasteiger partial charge in [0.05, 0.1) is 20.8 Å². The van der Waals surface area contributed by atoms with E-state index >= 15 is 0 Å². The van der Waals surface area contributed by atoms with Crippen LogP contribution in [0.2, 0.25) is 0 Å². The molecule has 0 aliphatic rings. The van der Waals surface area contributed by atoms with Gasteiger partial charge in [-0.15, -0.1) is 11.6 Å². The van der Waals surface area contributed by atoms with Crippen LogP contribution in [-0.4, -0.2) is 40.2 Å². The van der Waals surface area contributed by atoms with Crippen LogP contribution in [-0.2, 0) is 10.6 Å². The third-order valence-electron chi connectivity index (χ3n) is 2.41. The fraction of sp³-hybridized carbons (Fsp3) is 0.538. The quantitative estimate of drug-likeness (QED) is 0.541. The first kappa shape index (κ1) is 17.7. The van der Waals surface area contributed by atoms with E-state index in [-0.39, 0.29) is 19.1 Å². The fourth-order valence-corrected chi connectivity index (χ4v) is 1.70. The first-order valence-electron chi connectivity index (χ1n) is 5.99. The summed E-state index contributed by atoms with van der Waals surface area (Å²) in [5, 5.41) is 0. The van der Waals surface area contributed by atoms with Gasteiger partial charge in [-0.3, -0.25) is 0 Å². The van der Waals surface area contributed by atoms with E-state index in [0.29, 0.717) is 17.2 Å². The zero-order valence-electron chi connectivity index (χ0n) is 11.6. The largest absolute Gasteiger partial charge is 0.493 e. The highest BCUT2D eigenvalue weighted by atomic mass is 35.5. The van der Waals surface area contributed by atoms with E-state index in [0.717, 1.165) is 5.56 Å². The molecule has 0 bridgehead atoms. The topological polar surface area (TPSA) is 36.9 Å². The second kappa shape index (κ2) is 8.19. The van der Waals surface area contributed by atoms with Crippen LogP contribution in [0.25, 0.3) is 0 Å². The summed E-state index contributed by atoms with van der Waals surface area (Å²) < 4.78 is 55.9. The zero-order chi connectivity index (χ0) is 15.9. The van der Waals surface area contributed by atoms with Gasteiger partial charge in [0.15, 0.2) is 11.5 Å². The summed E-state index contributed by atoms with van der Waals surface area (Å²) in [7, 11) is 2.89. The molecule has 0 fully saturated rings. The predicted octanol–water partition coefficient (Wildman–Crippen LogP) is 3.40. The van der Waals surface area contributed by atoms with Gasteiger partial charge < -0.3 is 18.9 Å². The Balaban J connectivity index is 2.65. The number of ether oxygens (including phenoxy) is 4. The molecule has 120 valence electrons. The Bertz CT molecular complexity index is 427. The van der Waals surface area contributed by atoms with Gasteiger partial charge in [-0.2, -0.15) is 13.2 Å². The highest BCUT2D eigenvalue weighted by Crippen LogP contribution is 2.38. The van der Waals surface area contributed by atoms with E-state index in [1.54, 1.807) is 12.1 Å². The third-order valence-corrected chi connectivity index (χ3v) is 2.72. The Morgan fingerprint density at radius 1 is 1.05 bits per heavy atom. The van der Waals surface area contributed by atoms with Crippen molar-refractivity contribution in [3.63, 3.8) is 0 Å². The van der Waals surface area contributed by atoms with Gasteiger partial charge in [0.1, 0.15) is 13.2 Å². The molecule has 1 aromatic carbocycles. The summed E-state index contributed by atoms with van der Waals surface area (Å²) >= 11 is 5.75. The average Bonchev–Trinajstić information content (AvgIpc) is 2.45. The lowest BCUT2D eigenvalue weighted by Crippen LogP contribution is -2.19. The number of benzene rings is 1. The lowest BCUT2D eigenvalue weighted by Gasteiger charge is -2.16. The predicted molar refractivity (Wildman–Crippen MR) is 71.5 cm³/mol. The van der Waals surface area contributed by atoms with Crippen molar-refractivity contribution < 1.29 is 32.1 Å². The first-order chi connectivity index (χ1) is 9.91. The summed E-state index contributed by atoms with van der Waals surface area (Å²) in [6.07, 6.45) is -4.35. The molecule has 0 spiro atoms. The minimum Gasteiger partial charge on any atom is -0.493 e. The Morgan fingerprint density at radius 3 is 2.05 bits per heavy atom. The standard InChI is InChI=1S/C13H16ClF3O4/c1-18-10-5-9(7-14)6-11(19-2)12(10)21-4-3-20-8-13(15,16)17/h5-6H,3-4,7-8H2,1-2H3. The van der Waals surface area contributed by atoms with E-state index in [9.17, 15) is 13.2 Å². The molecule has 0 aliphatic carbocycles. The lowest BCUT2D eigenvalue weighted by molar-refractivity contribution is -0.175. The van der Waals surface area contributed by atoms with E-state index in [2.05, 4.69) is 4.74 Å². The van der Waals surface area contributed by atoms with Crippen molar-refractivity contribution in [1.82, 2.24) is 0 Å². The van der Waals surface area contributed by atoms with Crippen LogP contribution < -0.4 is 14.2 Å². The molecule has 0 amide bonds. The fourth-order valence-electron chi connectivity index (χ4n) is 1.54. The van der Waals surface area contributed by atoms with Crippen LogP contribution in [0.15, 0.2) is 12.1 Å². The van der Waals surface area contributed by atoms with Crippen LogP contribution in [0, 0.1) is 0 Å². The van der Waals surface area contributed by atoms with Gasteiger partial charge in [0.2, 0.25) is 5.75 Å². The van der Waals surface area contributed by atoms with Gasteiger partial charge in [0.25, 0.3) is 0 Å². The minimum atomic E-state index is -4.35. The molecule has 1 aromatic rings. The molecule has 21 heavy (non-hydrogen) atoms. The molecule has 0 aliphatic heterocycles. The van der Waals surface area contributed by atoms with Gasteiger partial charge in [-0.25, -0.2) is 0 Å². The molecule has 8 heteroatoms. The minimum absolute atomic E-state index is 0.0664. The van der Waals surface area contributed by atoms with Crippen molar-refractivity contribution in [2.24, 2.45) is 0 Å². The summed E-state index contributed by atoms with van der Waals surface area (Å²) in [4.78, 5) is 0. The van der Waals surface area contributed by atoms with E-state index < -0.39 is 12.8 Å². The number of hydrogen-bond acceptors (Lipinski definition) is 4. The van der Waals surface area contributed by atoms with Crippen molar-refractivity contribution in [2.75, 3.05) is 34.0 Å². The number of methoxy groups -OCH3 is 2. The molecule has 4 nitrogen and oxygen atoms in total. The van der Waals surface area contributed by atoms with E-state index in [4.69, 9.17) is 25.8 Å². The number of hydrogen-bond donors (Lipinski definition) is 0. The van der Waals surface area contributed by atoms with Crippen molar-refractivity contribution in [1.29, 1.82) is 0 Å². The highest BCUT2D eigenvalue weighted by molar-refractivity contribution is 6.17. The summed E-state index contributed by atoms with van der Waals surface area (Å²) in [5.41, 5.74) is 0.769. The van der Waals surface area contributed by atoms with Crippen LogP contribution >= 0.6 is 11.6 Å². The molecule has 0 saturated heterocycles. The Hall–Kier alpha value is -1.34. The number of alkyl halides is 4. The van der Waals surface area contributed by atoms with Crippen molar-refractivity contribution in [3.8, 4) is 17.2 Å². The van der Waals surface area contributed by atoms with Crippen LogP contribution in [0.1, 0.15) is 5.56 Å². The molecule has 0 radical (unpaired) electrons. The molecule has 0 unspecified atom stereocenters. The second-order valence-electron chi connectivity index (χ2n) is 3.98. The number of rotatable bonds is 8. The highest BCUT2D eigenvalue weighted by Gasteiger charge is 2.27. The van der Waals surface area contributed by atoms with Crippen LogP contribution in [0.5, 0.6) is 17.2 Å². The summed E-state index contributed by atoms with van der Waals surface area (Å²) in [6, 6.07) is 3.34. The van der Waals surface area contributed by atoms with Crippen molar-refractivity contribution in [2.45, 2.75) is 12.1 Å². The zero-order valence-corrected chi connectivity index (χ0v) is 12.4. The van der Waals surface area contributed by atoms with Crippen molar-refractivity contribution >= 4 is 11.6 Å². The maximum atomic E-state index is 11.9. The van der Waals surface area contributed by atoms with Gasteiger partial charge in [-0.1, -0.05) is 0 Å². The molecule has 1 rings (SSSR count). The SMILES string of the molecule is COc1cc(CCl)cc(OC)c1OCCOCC(F)(F)F. The maximum absolute atomic E-state index is 11.9. The van der Waals surface area contributed by atoms with Gasteiger partial charge >= 0.3 is 6.18 Å². The maximum Gasteiger partial charge on any atom is 0.411 e. The smallest absolute Gasteiger partial charge is 0.411 e. The Kier molecular flexibility index (Phi) is 6.91. The molecule has 0 atom stereocenters. The summed E-state index contributed by atoms with van der Waals surface area (Å²) in [6.45, 7) is -1.58. The molecule has 0 aromatic heterocycles. The van der Waals surface area contributed by atoms with Gasteiger partial charge in [0, 0.05) is 5.88 Å². The lowest BCUT2D eigenvalue weighted by atomic mass is 10.2. The van der Waals surface area contributed by atoms with Gasteiger partial charge in [-0.05, 0) is 17.7 Å². The monoisotopic (exact) mass is 328 g/mol. The molecular weight excluding hydrogens is 313 g/mol. The normalized spacial score (nSPS) is 11.3. The molecule has 0 N–H and O–H groups in total. The molecule has 0 heterocycles. The molecule has 0 saturated carbocycles. The third kappa shape index (κ3) is 5.89. The first-order valence-corrected chi connectivity index (χ1v) is 6.53. The number of halogens is 4. The van der Waals surface area contributed by atoms with Crippen molar-refractivity contribution in [3.05, 3.63) is 17.7 Å².